The Labute approximate surface area is 100 Å². The van der Waals surface area contributed by atoms with Crippen molar-refractivity contribution in [3.05, 3.63) is 24.5 Å². The van der Waals surface area contributed by atoms with Crippen molar-refractivity contribution in [2.24, 2.45) is 0 Å². The lowest BCUT2D eigenvalue weighted by atomic mass is 10.2. The van der Waals surface area contributed by atoms with E-state index in [1.54, 1.807) is 12.4 Å². The van der Waals surface area contributed by atoms with Crippen LogP contribution < -0.4 is 10.6 Å². The summed E-state index contributed by atoms with van der Waals surface area (Å²) >= 11 is 5.17. The second-order valence-electron chi connectivity index (χ2n) is 3.71. The fourth-order valence-electron chi connectivity index (χ4n) is 1.62. The van der Waals surface area contributed by atoms with Crippen molar-refractivity contribution >= 4 is 23.0 Å². The average molecular weight is 237 g/mol. The molecule has 86 valence electrons. The number of hydrogen-bond donors (Lipinski definition) is 2. The summed E-state index contributed by atoms with van der Waals surface area (Å²) < 4.78 is 5.49. The summed E-state index contributed by atoms with van der Waals surface area (Å²) in [4.78, 5) is 3.94. The first kappa shape index (κ1) is 11.3. The minimum absolute atomic E-state index is 0.303. The molecule has 4 nitrogen and oxygen atoms in total. The molecule has 1 aromatic rings. The summed E-state index contributed by atoms with van der Waals surface area (Å²) in [6.45, 7) is 1.65. The van der Waals surface area contributed by atoms with Gasteiger partial charge in [0.25, 0.3) is 0 Å². The minimum Gasteiger partial charge on any atom is -0.376 e. The molecule has 0 saturated carbocycles. The zero-order chi connectivity index (χ0) is 11.2. The SMILES string of the molecule is S=C(NC[C@H]1CCCO1)Nc1ccncc1. The molecule has 1 fully saturated rings. The third kappa shape index (κ3) is 3.43. The van der Waals surface area contributed by atoms with Crippen molar-refractivity contribution in [2.45, 2.75) is 18.9 Å². The monoisotopic (exact) mass is 237 g/mol. The van der Waals surface area contributed by atoms with Crippen LogP contribution in [0.4, 0.5) is 5.69 Å². The van der Waals surface area contributed by atoms with Gasteiger partial charge in [-0.3, -0.25) is 4.98 Å². The van der Waals surface area contributed by atoms with Crippen LogP contribution in [0.3, 0.4) is 0 Å². The molecule has 0 spiro atoms. The molecule has 0 aliphatic carbocycles. The first-order valence-electron chi connectivity index (χ1n) is 5.41. The van der Waals surface area contributed by atoms with Gasteiger partial charge in [-0.25, -0.2) is 0 Å². The molecule has 5 heteroatoms. The highest BCUT2D eigenvalue weighted by atomic mass is 32.1. The number of hydrogen-bond acceptors (Lipinski definition) is 3. The largest absolute Gasteiger partial charge is 0.376 e. The number of ether oxygens (including phenoxy) is 1. The van der Waals surface area contributed by atoms with Crippen LogP contribution in [0.15, 0.2) is 24.5 Å². The van der Waals surface area contributed by atoms with Crippen LogP contribution in [-0.2, 0) is 4.74 Å². The van der Waals surface area contributed by atoms with E-state index in [9.17, 15) is 0 Å². The van der Waals surface area contributed by atoms with Gasteiger partial charge in [-0.15, -0.1) is 0 Å². The Morgan fingerprint density at radius 2 is 2.31 bits per heavy atom. The van der Waals surface area contributed by atoms with Gasteiger partial charge in [-0.1, -0.05) is 0 Å². The van der Waals surface area contributed by atoms with Crippen LogP contribution in [0, 0.1) is 0 Å². The number of nitrogens with zero attached hydrogens (tertiary/aromatic N) is 1. The van der Waals surface area contributed by atoms with Gasteiger partial charge in [0.15, 0.2) is 5.11 Å². The van der Waals surface area contributed by atoms with Crippen molar-refractivity contribution in [1.29, 1.82) is 0 Å². The highest BCUT2D eigenvalue weighted by molar-refractivity contribution is 7.80. The zero-order valence-corrected chi connectivity index (χ0v) is 9.80. The molecule has 1 aliphatic rings. The summed E-state index contributed by atoms with van der Waals surface area (Å²) in [5, 5.41) is 6.87. The smallest absolute Gasteiger partial charge is 0.170 e. The number of nitrogens with one attached hydrogen (secondary N) is 2. The minimum atomic E-state index is 0.303. The van der Waals surface area contributed by atoms with Crippen molar-refractivity contribution in [1.82, 2.24) is 10.3 Å². The fourth-order valence-corrected chi connectivity index (χ4v) is 1.82. The van der Waals surface area contributed by atoms with Crippen LogP contribution >= 0.6 is 12.2 Å². The van der Waals surface area contributed by atoms with Gasteiger partial charge in [0.2, 0.25) is 0 Å². The average Bonchev–Trinajstić information content (AvgIpc) is 2.81. The van der Waals surface area contributed by atoms with E-state index in [2.05, 4.69) is 15.6 Å². The summed E-state index contributed by atoms with van der Waals surface area (Å²) in [7, 11) is 0. The van der Waals surface area contributed by atoms with Gasteiger partial charge in [-0.2, -0.15) is 0 Å². The lowest BCUT2D eigenvalue weighted by Crippen LogP contribution is -2.34. The molecule has 16 heavy (non-hydrogen) atoms. The zero-order valence-electron chi connectivity index (χ0n) is 8.98. The van der Waals surface area contributed by atoms with E-state index in [-0.39, 0.29) is 0 Å². The number of pyridine rings is 1. The molecule has 0 bridgehead atoms. The summed E-state index contributed by atoms with van der Waals surface area (Å²) in [6.07, 6.45) is 6.02. The van der Waals surface area contributed by atoms with Crippen LogP contribution in [0.5, 0.6) is 0 Å². The van der Waals surface area contributed by atoms with E-state index in [0.29, 0.717) is 11.2 Å². The molecule has 2 rings (SSSR count). The number of thiocarbonyl (C=S) groups is 1. The van der Waals surface area contributed by atoms with Crippen molar-refractivity contribution in [3.8, 4) is 0 Å². The molecule has 0 amide bonds. The first-order chi connectivity index (χ1) is 7.84. The second kappa shape index (κ2) is 5.77. The van der Waals surface area contributed by atoms with Gasteiger partial charge >= 0.3 is 0 Å². The molecular weight excluding hydrogens is 222 g/mol. The Hall–Kier alpha value is -1.20. The fraction of sp³-hybridized carbons (Fsp3) is 0.455. The van der Waals surface area contributed by atoms with Gasteiger partial charge in [0.1, 0.15) is 0 Å². The summed E-state index contributed by atoms with van der Waals surface area (Å²) in [5.41, 5.74) is 0.944. The lowest BCUT2D eigenvalue weighted by molar-refractivity contribution is 0.114. The van der Waals surface area contributed by atoms with Gasteiger partial charge in [-0.05, 0) is 37.2 Å². The van der Waals surface area contributed by atoms with E-state index < -0.39 is 0 Å². The van der Waals surface area contributed by atoms with Crippen LogP contribution in [0.25, 0.3) is 0 Å². The molecule has 0 aromatic carbocycles. The molecule has 1 atom stereocenters. The Bertz CT molecular complexity index is 338. The van der Waals surface area contributed by atoms with E-state index in [1.165, 1.54) is 0 Å². The van der Waals surface area contributed by atoms with Gasteiger partial charge < -0.3 is 15.4 Å². The molecule has 2 heterocycles. The lowest BCUT2D eigenvalue weighted by Gasteiger charge is -2.13. The molecule has 1 saturated heterocycles. The van der Waals surface area contributed by atoms with Gasteiger partial charge in [0, 0.05) is 31.2 Å². The molecule has 0 unspecified atom stereocenters. The second-order valence-corrected chi connectivity index (χ2v) is 4.11. The highest BCUT2D eigenvalue weighted by Gasteiger charge is 2.15. The van der Waals surface area contributed by atoms with E-state index >= 15 is 0 Å². The maximum atomic E-state index is 5.49. The number of rotatable bonds is 3. The van der Waals surface area contributed by atoms with E-state index in [1.807, 2.05) is 12.1 Å². The van der Waals surface area contributed by atoms with Crippen LogP contribution in [-0.4, -0.2) is 29.4 Å². The predicted octanol–water partition coefficient (Wildman–Crippen LogP) is 1.55. The maximum Gasteiger partial charge on any atom is 0.170 e. The van der Waals surface area contributed by atoms with Crippen molar-refractivity contribution in [2.75, 3.05) is 18.5 Å². The van der Waals surface area contributed by atoms with Crippen LogP contribution in [0.1, 0.15) is 12.8 Å². The predicted molar refractivity (Wildman–Crippen MR) is 67.4 cm³/mol. The highest BCUT2D eigenvalue weighted by Crippen LogP contribution is 2.10. The Morgan fingerprint density at radius 1 is 1.50 bits per heavy atom. The molecule has 1 aromatic heterocycles. The van der Waals surface area contributed by atoms with Crippen molar-refractivity contribution < 1.29 is 4.74 Å². The number of anilines is 1. The van der Waals surface area contributed by atoms with Crippen LogP contribution in [0.2, 0.25) is 0 Å². The third-order valence-corrected chi connectivity index (χ3v) is 2.70. The standard InChI is InChI=1S/C11H15N3OS/c16-11(13-8-10-2-1-7-15-10)14-9-3-5-12-6-4-9/h3-6,10H,1-2,7-8H2,(H2,12,13,14,16)/t10-/m1/s1. The topological polar surface area (TPSA) is 46.2 Å². The Kier molecular flexibility index (Phi) is 4.07. The normalized spacial score (nSPS) is 19.4. The first-order valence-corrected chi connectivity index (χ1v) is 5.82. The quantitative estimate of drug-likeness (QED) is 0.781. The molecule has 2 N–H and O–H groups in total. The molecular formula is C11H15N3OS. The molecule has 0 radical (unpaired) electrons. The maximum absolute atomic E-state index is 5.49. The van der Waals surface area contributed by atoms with E-state index in [0.717, 1.165) is 31.7 Å². The van der Waals surface area contributed by atoms with E-state index in [4.69, 9.17) is 17.0 Å². The summed E-state index contributed by atoms with van der Waals surface area (Å²) in [5.74, 6) is 0. The van der Waals surface area contributed by atoms with Gasteiger partial charge in [0.05, 0.1) is 6.10 Å². The Morgan fingerprint density at radius 3 is 3.00 bits per heavy atom. The Balaban J connectivity index is 1.72. The summed E-state index contributed by atoms with van der Waals surface area (Å²) in [6, 6.07) is 3.75. The third-order valence-electron chi connectivity index (χ3n) is 2.45. The van der Waals surface area contributed by atoms with Crippen molar-refractivity contribution in [3.63, 3.8) is 0 Å². The number of aromatic nitrogens is 1. The molecule has 1 aliphatic heterocycles.